The van der Waals surface area contributed by atoms with Crippen molar-refractivity contribution in [2.24, 2.45) is 0 Å². The topological polar surface area (TPSA) is 48.7 Å². The summed E-state index contributed by atoms with van der Waals surface area (Å²) in [7, 11) is 1.64. The van der Waals surface area contributed by atoms with E-state index in [9.17, 15) is 4.79 Å². The predicted molar refractivity (Wildman–Crippen MR) is 82.3 cm³/mol. The quantitative estimate of drug-likeness (QED) is 0.748. The fraction of sp³-hybridized carbons (Fsp3) is 0.353. The third-order valence-electron chi connectivity index (χ3n) is 3.22. The standard InChI is InChI=1S/C17H20O4/c1-4-20-17(18)7-5-6-12(2)16-11-13-10-14(19-3)8-9-15(13)21-16/h6,8-11H,4-5,7H2,1-3H3/b12-6+. The van der Waals surface area contributed by atoms with E-state index >= 15 is 0 Å². The molecule has 1 aromatic heterocycles. The van der Waals surface area contributed by atoms with Gasteiger partial charge >= 0.3 is 5.97 Å². The highest BCUT2D eigenvalue weighted by atomic mass is 16.5. The number of benzene rings is 1. The second kappa shape index (κ2) is 6.97. The van der Waals surface area contributed by atoms with E-state index in [-0.39, 0.29) is 5.97 Å². The SMILES string of the molecule is CCOC(=O)CC/C=C(\C)c1cc2cc(OC)ccc2o1. The van der Waals surface area contributed by atoms with Gasteiger partial charge in [-0.3, -0.25) is 4.79 Å². The highest BCUT2D eigenvalue weighted by Gasteiger charge is 2.07. The van der Waals surface area contributed by atoms with E-state index in [2.05, 4.69) is 0 Å². The number of carbonyl (C=O) groups excluding carboxylic acids is 1. The van der Waals surface area contributed by atoms with Gasteiger partial charge < -0.3 is 13.9 Å². The van der Waals surface area contributed by atoms with Crippen LogP contribution in [0.25, 0.3) is 16.5 Å². The van der Waals surface area contributed by atoms with Crippen LogP contribution in [0.15, 0.2) is 34.8 Å². The zero-order valence-corrected chi connectivity index (χ0v) is 12.6. The first-order valence-electron chi connectivity index (χ1n) is 7.04. The largest absolute Gasteiger partial charge is 0.497 e. The van der Waals surface area contributed by atoms with Crippen molar-refractivity contribution in [3.63, 3.8) is 0 Å². The molecule has 0 saturated carbocycles. The number of furan rings is 1. The van der Waals surface area contributed by atoms with Crippen molar-refractivity contribution in [1.82, 2.24) is 0 Å². The summed E-state index contributed by atoms with van der Waals surface area (Å²) < 4.78 is 15.9. The predicted octanol–water partition coefficient (Wildman–Crippen LogP) is 4.19. The van der Waals surface area contributed by atoms with Crippen molar-refractivity contribution in [2.45, 2.75) is 26.7 Å². The molecule has 1 heterocycles. The molecule has 2 aromatic rings. The molecule has 0 fully saturated rings. The molecule has 0 aliphatic heterocycles. The number of allylic oxidation sites excluding steroid dienone is 2. The van der Waals surface area contributed by atoms with E-state index in [1.807, 2.05) is 44.2 Å². The van der Waals surface area contributed by atoms with Crippen LogP contribution in [0.1, 0.15) is 32.4 Å². The lowest BCUT2D eigenvalue weighted by atomic mass is 10.1. The Kier molecular flexibility index (Phi) is 5.04. The molecular formula is C17H20O4. The van der Waals surface area contributed by atoms with Crippen molar-refractivity contribution < 1.29 is 18.7 Å². The summed E-state index contributed by atoms with van der Waals surface area (Å²) in [6, 6.07) is 7.68. The van der Waals surface area contributed by atoms with Crippen LogP contribution in [-0.4, -0.2) is 19.7 Å². The van der Waals surface area contributed by atoms with Crippen LogP contribution in [-0.2, 0) is 9.53 Å². The van der Waals surface area contributed by atoms with Gasteiger partial charge in [0.1, 0.15) is 17.1 Å². The summed E-state index contributed by atoms with van der Waals surface area (Å²) in [4.78, 5) is 11.3. The minimum atomic E-state index is -0.170. The molecule has 0 aliphatic carbocycles. The van der Waals surface area contributed by atoms with E-state index in [0.29, 0.717) is 19.4 Å². The molecule has 1 aromatic carbocycles. The lowest BCUT2D eigenvalue weighted by Gasteiger charge is -1.99. The van der Waals surface area contributed by atoms with Gasteiger partial charge in [-0.2, -0.15) is 0 Å². The van der Waals surface area contributed by atoms with E-state index in [4.69, 9.17) is 13.9 Å². The van der Waals surface area contributed by atoms with Crippen molar-refractivity contribution >= 4 is 22.5 Å². The average molecular weight is 288 g/mol. The van der Waals surface area contributed by atoms with Crippen LogP contribution in [0.2, 0.25) is 0 Å². The summed E-state index contributed by atoms with van der Waals surface area (Å²) in [5.74, 6) is 1.44. The van der Waals surface area contributed by atoms with Gasteiger partial charge in [0.15, 0.2) is 0 Å². The third-order valence-corrected chi connectivity index (χ3v) is 3.22. The Balaban J connectivity index is 2.08. The van der Waals surface area contributed by atoms with Crippen LogP contribution < -0.4 is 4.74 Å². The lowest BCUT2D eigenvalue weighted by Crippen LogP contribution is -2.02. The maximum Gasteiger partial charge on any atom is 0.306 e. The Morgan fingerprint density at radius 1 is 1.33 bits per heavy atom. The zero-order chi connectivity index (χ0) is 15.2. The van der Waals surface area contributed by atoms with Crippen LogP contribution in [0.3, 0.4) is 0 Å². The Morgan fingerprint density at radius 2 is 2.14 bits per heavy atom. The van der Waals surface area contributed by atoms with Gasteiger partial charge in [-0.15, -0.1) is 0 Å². The summed E-state index contributed by atoms with van der Waals surface area (Å²) in [6.07, 6.45) is 3.02. The molecule has 2 rings (SSSR count). The molecular weight excluding hydrogens is 268 g/mol. The molecule has 0 unspecified atom stereocenters. The maximum atomic E-state index is 11.3. The molecule has 112 valence electrons. The highest BCUT2D eigenvalue weighted by molar-refractivity contribution is 5.83. The average Bonchev–Trinajstić information content (AvgIpc) is 2.90. The summed E-state index contributed by atoms with van der Waals surface area (Å²) in [5, 5.41) is 1.00. The van der Waals surface area contributed by atoms with Gasteiger partial charge in [0, 0.05) is 11.8 Å². The van der Waals surface area contributed by atoms with Gasteiger partial charge in [-0.1, -0.05) is 6.08 Å². The smallest absolute Gasteiger partial charge is 0.306 e. The van der Waals surface area contributed by atoms with Crippen LogP contribution in [0, 0.1) is 0 Å². The van der Waals surface area contributed by atoms with Gasteiger partial charge in [0.2, 0.25) is 0 Å². The van der Waals surface area contributed by atoms with Crippen molar-refractivity contribution in [1.29, 1.82) is 0 Å². The van der Waals surface area contributed by atoms with Crippen molar-refractivity contribution in [3.8, 4) is 5.75 Å². The number of hydrogen-bond donors (Lipinski definition) is 0. The van der Waals surface area contributed by atoms with E-state index in [1.54, 1.807) is 7.11 Å². The second-order valence-electron chi connectivity index (χ2n) is 4.75. The summed E-state index contributed by atoms with van der Waals surface area (Å²) >= 11 is 0. The molecule has 0 saturated heterocycles. The van der Waals surface area contributed by atoms with Gasteiger partial charge in [0.05, 0.1) is 13.7 Å². The fourth-order valence-corrected chi connectivity index (χ4v) is 2.08. The first kappa shape index (κ1) is 15.2. The first-order valence-corrected chi connectivity index (χ1v) is 7.04. The summed E-state index contributed by atoms with van der Waals surface area (Å²) in [5.41, 5.74) is 1.83. The van der Waals surface area contributed by atoms with E-state index in [0.717, 1.165) is 28.1 Å². The van der Waals surface area contributed by atoms with Crippen molar-refractivity contribution in [3.05, 3.63) is 36.1 Å². The molecule has 0 spiro atoms. The number of esters is 1. The molecule has 0 amide bonds. The van der Waals surface area contributed by atoms with Crippen LogP contribution >= 0.6 is 0 Å². The number of methoxy groups -OCH3 is 1. The van der Waals surface area contributed by atoms with Crippen LogP contribution in [0.5, 0.6) is 5.75 Å². The second-order valence-corrected chi connectivity index (χ2v) is 4.75. The Morgan fingerprint density at radius 3 is 2.86 bits per heavy atom. The van der Waals surface area contributed by atoms with Gasteiger partial charge in [0.25, 0.3) is 0 Å². The molecule has 0 N–H and O–H groups in total. The van der Waals surface area contributed by atoms with Gasteiger partial charge in [-0.05, 0) is 50.1 Å². The van der Waals surface area contributed by atoms with Gasteiger partial charge in [-0.25, -0.2) is 0 Å². The number of rotatable bonds is 6. The van der Waals surface area contributed by atoms with E-state index in [1.165, 1.54) is 0 Å². The first-order chi connectivity index (χ1) is 10.1. The number of ether oxygens (including phenoxy) is 2. The number of fused-ring (bicyclic) bond motifs is 1. The molecule has 0 bridgehead atoms. The monoisotopic (exact) mass is 288 g/mol. The highest BCUT2D eigenvalue weighted by Crippen LogP contribution is 2.27. The zero-order valence-electron chi connectivity index (χ0n) is 12.6. The lowest BCUT2D eigenvalue weighted by molar-refractivity contribution is -0.142. The molecule has 4 heteroatoms. The molecule has 4 nitrogen and oxygen atoms in total. The van der Waals surface area contributed by atoms with E-state index < -0.39 is 0 Å². The number of carbonyl (C=O) groups is 1. The minimum absolute atomic E-state index is 0.170. The normalized spacial score (nSPS) is 11.7. The Labute approximate surface area is 124 Å². The number of hydrogen-bond acceptors (Lipinski definition) is 4. The molecule has 0 aliphatic rings. The Bertz CT molecular complexity index is 652. The third kappa shape index (κ3) is 3.88. The molecule has 21 heavy (non-hydrogen) atoms. The fourth-order valence-electron chi connectivity index (χ4n) is 2.08. The van der Waals surface area contributed by atoms with Crippen molar-refractivity contribution in [2.75, 3.05) is 13.7 Å². The minimum Gasteiger partial charge on any atom is -0.497 e. The molecule has 0 radical (unpaired) electrons. The Hall–Kier alpha value is -2.23. The maximum absolute atomic E-state index is 11.3. The molecule has 0 atom stereocenters. The summed E-state index contributed by atoms with van der Waals surface area (Å²) in [6.45, 7) is 4.20. The van der Waals surface area contributed by atoms with Crippen LogP contribution in [0.4, 0.5) is 0 Å².